The molecule has 0 spiro atoms. The van der Waals surface area contributed by atoms with Crippen molar-refractivity contribution in [2.24, 2.45) is 11.7 Å². The van der Waals surface area contributed by atoms with Crippen molar-refractivity contribution in [1.82, 2.24) is 4.37 Å². The van der Waals surface area contributed by atoms with Crippen molar-refractivity contribution < 1.29 is 4.74 Å². The van der Waals surface area contributed by atoms with E-state index in [1.807, 2.05) is 6.07 Å². The SMILES string of the molecule is CC(C)COc1cc(CN)ns1. The van der Waals surface area contributed by atoms with Gasteiger partial charge in [-0.1, -0.05) is 13.8 Å². The molecule has 0 aromatic carbocycles. The first kappa shape index (κ1) is 9.48. The molecule has 1 rings (SSSR count). The fourth-order valence-corrected chi connectivity index (χ4v) is 1.35. The van der Waals surface area contributed by atoms with Crippen LogP contribution < -0.4 is 10.5 Å². The van der Waals surface area contributed by atoms with Crippen LogP contribution in [0.4, 0.5) is 0 Å². The lowest BCUT2D eigenvalue weighted by molar-refractivity contribution is 0.278. The molecule has 0 radical (unpaired) electrons. The summed E-state index contributed by atoms with van der Waals surface area (Å²) in [6, 6.07) is 1.90. The highest BCUT2D eigenvalue weighted by atomic mass is 32.1. The fraction of sp³-hybridized carbons (Fsp3) is 0.625. The molecular formula is C8H14N2OS. The molecule has 0 aliphatic carbocycles. The van der Waals surface area contributed by atoms with Crippen molar-refractivity contribution in [2.75, 3.05) is 6.61 Å². The van der Waals surface area contributed by atoms with E-state index < -0.39 is 0 Å². The van der Waals surface area contributed by atoms with Gasteiger partial charge in [0.1, 0.15) is 0 Å². The Morgan fingerprint density at radius 1 is 1.67 bits per heavy atom. The lowest BCUT2D eigenvalue weighted by atomic mass is 10.2. The molecule has 0 aliphatic rings. The molecule has 0 amide bonds. The second-order valence-corrected chi connectivity index (χ2v) is 3.81. The van der Waals surface area contributed by atoms with Crippen LogP contribution in [-0.4, -0.2) is 11.0 Å². The summed E-state index contributed by atoms with van der Waals surface area (Å²) in [5, 5.41) is 0.865. The zero-order valence-electron chi connectivity index (χ0n) is 7.41. The Morgan fingerprint density at radius 2 is 2.42 bits per heavy atom. The van der Waals surface area contributed by atoms with Gasteiger partial charge in [-0.2, -0.15) is 4.37 Å². The molecule has 1 aromatic rings. The van der Waals surface area contributed by atoms with Gasteiger partial charge in [0.25, 0.3) is 0 Å². The summed E-state index contributed by atoms with van der Waals surface area (Å²) in [6.45, 7) is 5.46. The van der Waals surface area contributed by atoms with E-state index in [1.54, 1.807) is 0 Å². The Kier molecular flexibility index (Phi) is 3.49. The molecule has 0 fully saturated rings. The number of hydrogen-bond donors (Lipinski definition) is 1. The number of ether oxygens (including phenoxy) is 1. The highest BCUT2D eigenvalue weighted by Gasteiger charge is 2.01. The summed E-state index contributed by atoms with van der Waals surface area (Å²) < 4.78 is 9.55. The van der Waals surface area contributed by atoms with E-state index in [-0.39, 0.29) is 0 Å². The Labute approximate surface area is 76.7 Å². The molecular weight excluding hydrogens is 172 g/mol. The van der Waals surface area contributed by atoms with Crippen LogP contribution in [0.2, 0.25) is 0 Å². The Morgan fingerprint density at radius 3 is 2.92 bits per heavy atom. The summed E-state index contributed by atoms with van der Waals surface area (Å²) in [7, 11) is 0. The molecule has 1 aromatic heterocycles. The van der Waals surface area contributed by atoms with Gasteiger partial charge in [0, 0.05) is 24.1 Å². The first-order valence-corrected chi connectivity index (χ1v) is 4.78. The molecule has 68 valence electrons. The third-order valence-corrected chi connectivity index (χ3v) is 2.05. The van der Waals surface area contributed by atoms with Gasteiger partial charge in [-0.05, 0) is 5.92 Å². The van der Waals surface area contributed by atoms with E-state index in [4.69, 9.17) is 10.5 Å². The maximum Gasteiger partial charge on any atom is 0.193 e. The molecule has 0 unspecified atom stereocenters. The van der Waals surface area contributed by atoms with Crippen LogP contribution in [0.5, 0.6) is 5.06 Å². The van der Waals surface area contributed by atoms with E-state index in [0.29, 0.717) is 12.5 Å². The second kappa shape index (κ2) is 4.42. The minimum absolute atomic E-state index is 0.488. The molecule has 0 atom stereocenters. The summed E-state index contributed by atoms with van der Waals surface area (Å²) in [6.07, 6.45) is 0. The Balaban J connectivity index is 2.41. The van der Waals surface area contributed by atoms with E-state index in [1.165, 1.54) is 11.5 Å². The first-order valence-electron chi connectivity index (χ1n) is 4.01. The largest absolute Gasteiger partial charge is 0.483 e. The zero-order chi connectivity index (χ0) is 8.97. The van der Waals surface area contributed by atoms with Gasteiger partial charge in [-0.25, -0.2) is 0 Å². The monoisotopic (exact) mass is 186 g/mol. The first-order chi connectivity index (χ1) is 5.72. The average molecular weight is 186 g/mol. The minimum Gasteiger partial charge on any atom is -0.483 e. The Hall–Kier alpha value is -0.610. The molecule has 0 saturated carbocycles. The van der Waals surface area contributed by atoms with Crippen LogP contribution in [0.25, 0.3) is 0 Å². The van der Waals surface area contributed by atoms with Crippen molar-refractivity contribution in [3.8, 4) is 5.06 Å². The third-order valence-electron chi connectivity index (χ3n) is 1.31. The molecule has 0 aliphatic heterocycles. The van der Waals surface area contributed by atoms with Gasteiger partial charge in [-0.3, -0.25) is 0 Å². The third kappa shape index (κ3) is 2.79. The highest BCUT2D eigenvalue weighted by molar-refractivity contribution is 7.07. The lowest BCUT2D eigenvalue weighted by Gasteiger charge is -2.04. The van der Waals surface area contributed by atoms with Crippen LogP contribution in [0.15, 0.2) is 6.07 Å². The van der Waals surface area contributed by atoms with Gasteiger partial charge in [0.05, 0.1) is 12.3 Å². The standard InChI is InChI=1S/C8H14N2OS/c1-6(2)5-11-8-3-7(4-9)10-12-8/h3,6H,4-5,9H2,1-2H3. The fourth-order valence-electron chi connectivity index (χ4n) is 0.705. The molecule has 0 saturated heterocycles. The van der Waals surface area contributed by atoms with Crippen molar-refractivity contribution in [2.45, 2.75) is 20.4 Å². The molecule has 1 heterocycles. The van der Waals surface area contributed by atoms with Crippen LogP contribution in [0.3, 0.4) is 0 Å². The van der Waals surface area contributed by atoms with E-state index in [9.17, 15) is 0 Å². The van der Waals surface area contributed by atoms with Gasteiger partial charge in [-0.15, -0.1) is 0 Å². The zero-order valence-corrected chi connectivity index (χ0v) is 8.23. The van der Waals surface area contributed by atoms with E-state index >= 15 is 0 Å². The van der Waals surface area contributed by atoms with Gasteiger partial charge < -0.3 is 10.5 Å². The summed E-state index contributed by atoms with van der Waals surface area (Å²) >= 11 is 1.36. The van der Waals surface area contributed by atoms with E-state index in [2.05, 4.69) is 18.2 Å². The molecule has 2 N–H and O–H groups in total. The molecule has 0 bridgehead atoms. The number of hydrogen-bond acceptors (Lipinski definition) is 4. The number of rotatable bonds is 4. The highest BCUT2D eigenvalue weighted by Crippen LogP contribution is 2.19. The van der Waals surface area contributed by atoms with Crippen molar-refractivity contribution >= 4 is 11.5 Å². The van der Waals surface area contributed by atoms with Crippen LogP contribution in [0.1, 0.15) is 19.5 Å². The van der Waals surface area contributed by atoms with Crippen molar-refractivity contribution in [3.63, 3.8) is 0 Å². The molecule has 4 heteroatoms. The van der Waals surface area contributed by atoms with Gasteiger partial charge in [0.2, 0.25) is 0 Å². The van der Waals surface area contributed by atoms with E-state index in [0.717, 1.165) is 17.4 Å². The normalized spacial score (nSPS) is 10.7. The number of nitrogens with zero attached hydrogens (tertiary/aromatic N) is 1. The average Bonchev–Trinajstić information content (AvgIpc) is 2.48. The minimum atomic E-state index is 0.488. The molecule has 3 nitrogen and oxygen atoms in total. The quantitative estimate of drug-likeness (QED) is 0.777. The summed E-state index contributed by atoms with van der Waals surface area (Å²) in [5.41, 5.74) is 6.31. The van der Waals surface area contributed by atoms with Crippen LogP contribution in [-0.2, 0) is 6.54 Å². The van der Waals surface area contributed by atoms with Crippen molar-refractivity contribution in [3.05, 3.63) is 11.8 Å². The van der Waals surface area contributed by atoms with Crippen molar-refractivity contribution in [1.29, 1.82) is 0 Å². The summed E-state index contributed by atoms with van der Waals surface area (Å²) in [4.78, 5) is 0. The van der Waals surface area contributed by atoms with Crippen LogP contribution >= 0.6 is 11.5 Å². The smallest absolute Gasteiger partial charge is 0.193 e. The predicted molar refractivity (Wildman–Crippen MR) is 50.3 cm³/mol. The lowest BCUT2D eigenvalue weighted by Crippen LogP contribution is -2.03. The second-order valence-electron chi connectivity index (χ2n) is 3.05. The molecule has 12 heavy (non-hydrogen) atoms. The Bertz CT molecular complexity index is 235. The maximum absolute atomic E-state index is 5.45. The maximum atomic E-state index is 5.45. The van der Waals surface area contributed by atoms with Gasteiger partial charge in [0.15, 0.2) is 5.06 Å². The number of nitrogens with two attached hydrogens (primary N) is 1. The summed E-state index contributed by atoms with van der Waals surface area (Å²) in [5.74, 6) is 0.549. The van der Waals surface area contributed by atoms with Crippen LogP contribution in [0, 0.1) is 5.92 Å². The predicted octanol–water partition coefficient (Wildman–Crippen LogP) is 1.64. The van der Waals surface area contributed by atoms with Gasteiger partial charge >= 0.3 is 0 Å². The topological polar surface area (TPSA) is 48.1 Å². The number of aromatic nitrogens is 1.